The number of rotatable bonds is 6. The van der Waals surface area contributed by atoms with Gasteiger partial charge in [-0.3, -0.25) is 4.79 Å². The first-order chi connectivity index (χ1) is 9.70. The van der Waals surface area contributed by atoms with Crippen molar-refractivity contribution in [2.75, 3.05) is 13.7 Å². The van der Waals surface area contributed by atoms with Gasteiger partial charge < -0.3 is 10.1 Å². The number of nitrogens with one attached hydrogen (secondary N) is 1. The highest BCUT2D eigenvalue weighted by Crippen LogP contribution is 2.26. The van der Waals surface area contributed by atoms with Crippen molar-refractivity contribution in [2.45, 2.75) is 24.3 Å². The monoisotopic (exact) mass is 357 g/mol. The largest absolute Gasteiger partial charge is 0.383 e. The lowest BCUT2D eigenvalue weighted by molar-refractivity contribution is 0.0894. The first-order valence-electron chi connectivity index (χ1n) is 5.94. The molecule has 1 rings (SSSR count). The van der Waals surface area contributed by atoms with Crippen molar-refractivity contribution in [3.8, 4) is 0 Å². The molecule has 9 heteroatoms. The summed E-state index contributed by atoms with van der Waals surface area (Å²) >= 11 is 5.71. The van der Waals surface area contributed by atoms with Gasteiger partial charge in [-0.1, -0.05) is 18.5 Å². The van der Waals surface area contributed by atoms with Crippen LogP contribution in [0.5, 0.6) is 0 Å². The van der Waals surface area contributed by atoms with E-state index in [9.17, 15) is 17.6 Å². The van der Waals surface area contributed by atoms with E-state index in [1.54, 1.807) is 0 Å². The van der Waals surface area contributed by atoms with Crippen molar-refractivity contribution in [3.63, 3.8) is 0 Å². The van der Waals surface area contributed by atoms with E-state index >= 15 is 0 Å². The molecule has 0 bridgehead atoms. The number of methoxy groups -OCH3 is 1. The van der Waals surface area contributed by atoms with E-state index in [1.165, 1.54) is 7.11 Å². The second kappa shape index (κ2) is 7.40. The quantitative estimate of drug-likeness (QED) is 0.794. The van der Waals surface area contributed by atoms with Gasteiger partial charge in [-0.25, -0.2) is 12.8 Å². The Morgan fingerprint density at radius 3 is 2.57 bits per heavy atom. The molecule has 0 aliphatic rings. The van der Waals surface area contributed by atoms with Gasteiger partial charge in [0, 0.05) is 17.8 Å². The summed E-state index contributed by atoms with van der Waals surface area (Å²) in [5, 5.41) is 2.11. The number of ether oxygens (including phenoxy) is 1. The summed E-state index contributed by atoms with van der Waals surface area (Å²) in [5.74, 6) is -1.74. The fourth-order valence-corrected chi connectivity index (χ4v) is 2.56. The lowest BCUT2D eigenvalue weighted by Crippen LogP contribution is -2.37. The number of hydrogen-bond donors (Lipinski definition) is 1. The maximum atomic E-state index is 13.6. The van der Waals surface area contributed by atoms with Crippen LogP contribution in [0.15, 0.2) is 17.0 Å². The molecule has 1 aromatic rings. The zero-order valence-electron chi connectivity index (χ0n) is 11.3. The van der Waals surface area contributed by atoms with Gasteiger partial charge in [0.25, 0.3) is 15.0 Å². The number of carbonyl (C=O) groups excluding carboxylic acids is 1. The van der Waals surface area contributed by atoms with Gasteiger partial charge in [-0.05, 0) is 18.6 Å². The number of hydrogen-bond acceptors (Lipinski definition) is 4. The summed E-state index contributed by atoms with van der Waals surface area (Å²) in [6, 6.07) is 1.29. The molecule has 21 heavy (non-hydrogen) atoms. The van der Waals surface area contributed by atoms with E-state index in [4.69, 9.17) is 27.0 Å². The molecule has 1 atom stereocenters. The number of carbonyl (C=O) groups is 1. The maximum absolute atomic E-state index is 13.6. The SMILES string of the molecule is CCC(COC)NC(=O)c1cc(S(=O)(=O)Cl)cc(F)c1Cl. The van der Waals surface area contributed by atoms with Gasteiger partial charge in [-0.2, -0.15) is 0 Å². The third kappa shape index (κ3) is 4.81. The van der Waals surface area contributed by atoms with Gasteiger partial charge in [0.05, 0.1) is 28.1 Å². The van der Waals surface area contributed by atoms with E-state index in [1.807, 2.05) is 6.92 Å². The first-order valence-corrected chi connectivity index (χ1v) is 8.63. The summed E-state index contributed by atoms with van der Waals surface area (Å²) < 4.78 is 41.1. The fraction of sp³-hybridized carbons (Fsp3) is 0.417. The number of benzene rings is 1. The van der Waals surface area contributed by atoms with Crippen LogP contribution < -0.4 is 5.32 Å². The Hall–Kier alpha value is -0.890. The molecule has 118 valence electrons. The zero-order valence-corrected chi connectivity index (χ0v) is 13.6. The highest BCUT2D eigenvalue weighted by atomic mass is 35.7. The van der Waals surface area contributed by atoms with Crippen molar-refractivity contribution < 1.29 is 22.3 Å². The molecule has 0 aromatic heterocycles. The lowest BCUT2D eigenvalue weighted by Gasteiger charge is -2.16. The van der Waals surface area contributed by atoms with E-state index < -0.39 is 30.7 Å². The minimum Gasteiger partial charge on any atom is -0.383 e. The average molecular weight is 358 g/mol. The molecule has 1 N–H and O–H groups in total. The normalized spacial score (nSPS) is 13.0. The smallest absolute Gasteiger partial charge is 0.261 e. The van der Waals surface area contributed by atoms with Crippen LogP contribution in [0.3, 0.4) is 0 Å². The molecule has 5 nitrogen and oxygen atoms in total. The molecule has 0 spiro atoms. The van der Waals surface area contributed by atoms with Crippen LogP contribution in [0.1, 0.15) is 23.7 Å². The van der Waals surface area contributed by atoms with Crippen LogP contribution in [0.4, 0.5) is 4.39 Å². The predicted molar refractivity (Wildman–Crippen MR) is 77.9 cm³/mol. The average Bonchev–Trinajstić information content (AvgIpc) is 2.39. The second-order valence-corrected chi connectivity index (χ2v) is 7.18. The van der Waals surface area contributed by atoms with Gasteiger partial charge in [0.15, 0.2) is 0 Å². The fourth-order valence-electron chi connectivity index (χ4n) is 1.60. The number of amides is 1. The van der Waals surface area contributed by atoms with E-state index in [2.05, 4.69) is 5.32 Å². The van der Waals surface area contributed by atoms with Crippen LogP contribution in [0, 0.1) is 5.82 Å². The maximum Gasteiger partial charge on any atom is 0.261 e. The zero-order chi connectivity index (χ0) is 16.2. The van der Waals surface area contributed by atoms with Crippen molar-refractivity contribution >= 4 is 37.2 Å². The van der Waals surface area contributed by atoms with Crippen molar-refractivity contribution in [1.29, 1.82) is 0 Å². The molecule has 0 heterocycles. The molecular formula is C12H14Cl2FNO4S. The van der Waals surface area contributed by atoms with Crippen LogP contribution in [0.2, 0.25) is 5.02 Å². The molecule has 1 amide bonds. The Kier molecular flexibility index (Phi) is 6.40. The molecular weight excluding hydrogens is 344 g/mol. The Labute approximate surface area is 131 Å². The van der Waals surface area contributed by atoms with Gasteiger partial charge in [0.2, 0.25) is 0 Å². The molecule has 1 aromatic carbocycles. The van der Waals surface area contributed by atoms with E-state index in [0.29, 0.717) is 12.5 Å². The van der Waals surface area contributed by atoms with Crippen LogP contribution in [-0.4, -0.2) is 34.1 Å². The van der Waals surface area contributed by atoms with Gasteiger partial charge in [-0.15, -0.1) is 0 Å². The Balaban J connectivity index is 3.17. The third-order valence-electron chi connectivity index (χ3n) is 2.72. The molecule has 0 radical (unpaired) electrons. The Bertz CT molecular complexity index is 636. The minimum absolute atomic E-state index is 0.260. The van der Waals surface area contributed by atoms with Crippen LogP contribution >= 0.6 is 22.3 Å². The van der Waals surface area contributed by atoms with Gasteiger partial charge in [0.1, 0.15) is 5.82 Å². The predicted octanol–water partition coefficient (Wildman–Crippen LogP) is 2.56. The number of halogens is 3. The summed E-state index contributed by atoms with van der Waals surface area (Å²) in [6.45, 7) is 2.08. The summed E-state index contributed by atoms with van der Waals surface area (Å²) in [4.78, 5) is 11.6. The molecule has 0 saturated carbocycles. The van der Waals surface area contributed by atoms with E-state index in [0.717, 1.165) is 6.07 Å². The second-order valence-electron chi connectivity index (χ2n) is 4.24. The van der Waals surface area contributed by atoms with Crippen molar-refractivity contribution in [2.24, 2.45) is 0 Å². The summed E-state index contributed by atoms with van der Waals surface area (Å²) in [6.07, 6.45) is 0.577. The topological polar surface area (TPSA) is 72.5 Å². The first kappa shape index (κ1) is 18.2. The van der Waals surface area contributed by atoms with Crippen LogP contribution in [-0.2, 0) is 13.8 Å². The minimum atomic E-state index is -4.17. The molecule has 0 fully saturated rings. The van der Waals surface area contributed by atoms with Crippen molar-refractivity contribution in [1.82, 2.24) is 5.32 Å². The van der Waals surface area contributed by atoms with Crippen LogP contribution in [0.25, 0.3) is 0 Å². The van der Waals surface area contributed by atoms with Crippen molar-refractivity contribution in [3.05, 3.63) is 28.5 Å². The van der Waals surface area contributed by atoms with Gasteiger partial charge >= 0.3 is 0 Å². The summed E-state index contributed by atoms with van der Waals surface area (Å²) in [5.41, 5.74) is -0.301. The third-order valence-corrected chi connectivity index (χ3v) is 4.44. The Morgan fingerprint density at radius 1 is 1.48 bits per heavy atom. The highest BCUT2D eigenvalue weighted by Gasteiger charge is 2.22. The standard InChI is InChI=1S/C12H14Cl2FNO4S/c1-3-7(6-20-2)16-12(17)9-4-8(21(14,18)19)5-10(15)11(9)13/h4-5,7H,3,6H2,1-2H3,(H,16,17). The lowest BCUT2D eigenvalue weighted by atomic mass is 10.1. The van der Waals surface area contributed by atoms with E-state index in [-0.39, 0.29) is 18.2 Å². The summed E-state index contributed by atoms with van der Waals surface area (Å²) in [7, 11) is 2.45. The Morgan fingerprint density at radius 2 is 2.10 bits per heavy atom. The molecule has 0 saturated heterocycles. The molecule has 0 aliphatic heterocycles. The molecule has 1 unspecified atom stereocenters. The highest BCUT2D eigenvalue weighted by molar-refractivity contribution is 8.13. The molecule has 0 aliphatic carbocycles.